The Hall–Kier alpha value is -1.62. The lowest BCUT2D eigenvalue weighted by atomic mass is 10.1. The highest BCUT2D eigenvalue weighted by Gasteiger charge is 2.14. The molecule has 1 saturated heterocycles. The van der Waals surface area contributed by atoms with E-state index in [0.717, 1.165) is 25.1 Å². The molecule has 1 unspecified atom stereocenters. The second kappa shape index (κ2) is 5.63. The Bertz CT molecular complexity index is 389. The summed E-state index contributed by atoms with van der Waals surface area (Å²) in [5.41, 5.74) is 6.42. The molecule has 1 atom stereocenters. The summed E-state index contributed by atoms with van der Waals surface area (Å²) in [5, 5.41) is 3.20. The number of rotatable bonds is 4. The van der Waals surface area contributed by atoms with E-state index < -0.39 is 5.91 Å². The number of nitrogens with zero attached hydrogens (tertiary/aromatic N) is 1. The van der Waals surface area contributed by atoms with Crippen molar-refractivity contribution in [3.8, 4) is 0 Å². The van der Waals surface area contributed by atoms with Gasteiger partial charge in [-0.25, -0.2) is 0 Å². The zero-order valence-corrected chi connectivity index (χ0v) is 9.69. The maximum atomic E-state index is 11.2. The number of ether oxygens (including phenoxy) is 1. The van der Waals surface area contributed by atoms with Crippen molar-refractivity contribution >= 4 is 11.6 Å². The van der Waals surface area contributed by atoms with E-state index >= 15 is 0 Å². The average molecular weight is 235 g/mol. The minimum absolute atomic E-state index is 0.220. The van der Waals surface area contributed by atoms with Crippen LogP contribution < -0.4 is 11.1 Å². The second-order valence-electron chi connectivity index (χ2n) is 4.15. The smallest absolute Gasteiger partial charge is 0.252 e. The Morgan fingerprint density at radius 2 is 2.47 bits per heavy atom. The number of amides is 1. The van der Waals surface area contributed by atoms with Gasteiger partial charge in [0, 0.05) is 25.5 Å². The molecule has 0 saturated carbocycles. The lowest BCUT2D eigenvalue weighted by Crippen LogP contribution is -2.27. The molecule has 1 aromatic rings. The summed E-state index contributed by atoms with van der Waals surface area (Å²) in [6.45, 7) is 1.52. The van der Waals surface area contributed by atoms with Gasteiger partial charge < -0.3 is 15.8 Å². The quantitative estimate of drug-likeness (QED) is 0.821. The Morgan fingerprint density at radius 3 is 3.18 bits per heavy atom. The average Bonchev–Trinajstić information content (AvgIpc) is 2.38. The lowest BCUT2D eigenvalue weighted by molar-refractivity contribution is 0.0247. The van der Waals surface area contributed by atoms with E-state index in [1.165, 1.54) is 12.6 Å². The van der Waals surface area contributed by atoms with Crippen LogP contribution in [-0.4, -0.2) is 30.1 Å². The van der Waals surface area contributed by atoms with Crippen molar-refractivity contribution in [3.63, 3.8) is 0 Å². The van der Waals surface area contributed by atoms with Crippen LogP contribution in [0.2, 0.25) is 0 Å². The Morgan fingerprint density at radius 1 is 1.59 bits per heavy atom. The number of carbonyl (C=O) groups is 1. The van der Waals surface area contributed by atoms with Crippen LogP contribution in [0.4, 0.5) is 5.69 Å². The molecule has 0 spiro atoms. The minimum Gasteiger partial charge on any atom is -0.382 e. The molecule has 3 N–H and O–H groups in total. The third-order valence-corrected chi connectivity index (χ3v) is 2.88. The van der Waals surface area contributed by atoms with E-state index in [0.29, 0.717) is 12.1 Å². The van der Waals surface area contributed by atoms with Gasteiger partial charge in [-0.3, -0.25) is 9.78 Å². The number of primary amides is 1. The van der Waals surface area contributed by atoms with E-state index in [4.69, 9.17) is 10.5 Å². The lowest BCUT2D eigenvalue weighted by Gasteiger charge is -2.23. The first kappa shape index (κ1) is 11.9. The largest absolute Gasteiger partial charge is 0.382 e. The van der Waals surface area contributed by atoms with Crippen molar-refractivity contribution in [2.24, 2.45) is 5.73 Å². The predicted octanol–water partition coefficient (Wildman–Crippen LogP) is 1.16. The maximum absolute atomic E-state index is 11.2. The van der Waals surface area contributed by atoms with Gasteiger partial charge in [0.25, 0.3) is 5.91 Å². The normalized spacial score (nSPS) is 19.9. The molecule has 1 fully saturated rings. The summed E-state index contributed by atoms with van der Waals surface area (Å²) in [6, 6.07) is 1.75. The molecule has 0 bridgehead atoms. The third-order valence-electron chi connectivity index (χ3n) is 2.88. The summed E-state index contributed by atoms with van der Waals surface area (Å²) < 4.78 is 5.61. The van der Waals surface area contributed by atoms with Gasteiger partial charge in [0.2, 0.25) is 0 Å². The molecule has 5 heteroatoms. The summed E-state index contributed by atoms with van der Waals surface area (Å²) in [5.74, 6) is -0.467. The second-order valence-corrected chi connectivity index (χ2v) is 4.15. The van der Waals surface area contributed by atoms with Crippen molar-refractivity contribution in [2.75, 3.05) is 18.5 Å². The van der Waals surface area contributed by atoms with Crippen LogP contribution in [0.15, 0.2) is 18.5 Å². The van der Waals surface area contributed by atoms with Crippen LogP contribution in [0.25, 0.3) is 0 Å². The summed E-state index contributed by atoms with van der Waals surface area (Å²) in [6.07, 6.45) is 6.73. The molecule has 1 amide bonds. The van der Waals surface area contributed by atoms with E-state index in [9.17, 15) is 4.79 Å². The first-order valence-corrected chi connectivity index (χ1v) is 5.86. The first-order valence-electron chi connectivity index (χ1n) is 5.86. The molecular formula is C12H17N3O2. The Balaban J connectivity index is 1.96. The first-order chi connectivity index (χ1) is 8.27. The number of carbonyl (C=O) groups excluding carboxylic acids is 1. The van der Waals surface area contributed by atoms with E-state index in [1.807, 2.05) is 0 Å². The standard InChI is InChI=1S/C12H17N3O2/c13-12(16)10-8-14-5-4-11(10)15-7-9-3-1-2-6-17-9/h4-5,8-9H,1-3,6-7H2,(H2,13,16)(H,14,15). The fourth-order valence-corrected chi connectivity index (χ4v) is 1.94. The fourth-order valence-electron chi connectivity index (χ4n) is 1.94. The van der Waals surface area contributed by atoms with Crippen molar-refractivity contribution in [1.29, 1.82) is 0 Å². The predicted molar refractivity (Wildman–Crippen MR) is 64.8 cm³/mol. The van der Waals surface area contributed by atoms with Crippen LogP contribution in [0.1, 0.15) is 29.6 Å². The molecule has 0 aromatic carbocycles. The number of nitrogens with two attached hydrogens (primary N) is 1. The van der Waals surface area contributed by atoms with E-state index in [1.54, 1.807) is 12.3 Å². The molecule has 0 aliphatic carbocycles. The number of hydrogen-bond acceptors (Lipinski definition) is 4. The molecule has 1 aliphatic rings. The molecule has 1 aromatic heterocycles. The highest BCUT2D eigenvalue weighted by atomic mass is 16.5. The van der Waals surface area contributed by atoms with Crippen molar-refractivity contribution in [2.45, 2.75) is 25.4 Å². The molecule has 2 heterocycles. The Kier molecular flexibility index (Phi) is 3.93. The van der Waals surface area contributed by atoms with Crippen LogP contribution >= 0.6 is 0 Å². The number of pyridine rings is 1. The van der Waals surface area contributed by atoms with Crippen LogP contribution in [0.5, 0.6) is 0 Å². The van der Waals surface area contributed by atoms with Gasteiger partial charge in [0.1, 0.15) is 0 Å². The van der Waals surface area contributed by atoms with Gasteiger partial charge in [-0.2, -0.15) is 0 Å². The molecule has 1 aliphatic heterocycles. The van der Waals surface area contributed by atoms with Gasteiger partial charge in [-0.05, 0) is 25.3 Å². The zero-order valence-electron chi connectivity index (χ0n) is 9.69. The summed E-state index contributed by atoms with van der Waals surface area (Å²) in [4.78, 5) is 15.1. The van der Waals surface area contributed by atoms with Crippen LogP contribution in [0, 0.1) is 0 Å². The van der Waals surface area contributed by atoms with Gasteiger partial charge in [-0.15, -0.1) is 0 Å². The van der Waals surface area contributed by atoms with E-state index in [-0.39, 0.29) is 6.10 Å². The zero-order chi connectivity index (χ0) is 12.1. The van der Waals surface area contributed by atoms with Gasteiger partial charge in [-0.1, -0.05) is 0 Å². The highest BCUT2D eigenvalue weighted by Crippen LogP contribution is 2.16. The topological polar surface area (TPSA) is 77.2 Å². The van der Waals surface area contributed by atoms with Gasteiger partial charge in [0.15, 0.2) is 0 Å². The molecule has 2 rings (SSSR count). The third kappa shape index (κ3) is 3.17. The van der Waals surface area contributed by atoms with Gasteiger partial charge in [0.05, 0.1) is 17.4 Å². The molecule has 5 nitrogen and oxygen atoms in total. The summed E-state index contributed by atoms with van der Waals surface area (Å²) >= 11 is 0. The minimum atomic E-state index is -0.467. The summed E-state index contributed by atoms with van der Waals surface area (Å²) in [7, 11) is 0. The fraction of sp³-hybridized carbons (Fsp3) is 0.500. The monoisotopic (exact) mass is 235 g/mol. The van der Waals surface area contributed by atoms with E-state index in [2.05, 4.69) is 10.3 Å². The molecule has 92 valence electrons. The van der Waals surface area contributed by atoms with Crippen molar-refractivity contribution in [3.05, 3.63) is 24.0 Å². The van der Waals surface area contributed by atoms with Gasteiger partial charge >= 0.3 is 0 Å². The molecule has 0 radical (unpaired) electrons. The molecular weight excluding hydrogens is 218 g/mol. The SMILES string of the molecule is NC(=O)c1cnccc1NCC1CCCCO1. The number of aromatic nitrogens is 1. The number of anilines is 1. The van der Waals surface area contributed by atoms with Crippen molar-refractivity contribution < 1.29 is 9.53 Å². The Labute approximate surface area is 100 Å². The van der Waals surface area contributed by atoms with Crippen LogP contribution in [0.3, 0.4) is 0 Å². The van der Waals surface area contributed by atoms with Crippen LogP contribution in [-0.2, 0) is 4.74 Å². The maximum Gasteiger partial charge on any atom is 0.252 e. The highest BCUT2D eigenvalue weighted by molar-refractivity contribution is 5.98. The molecule has 17 heavy (non-hydrogen) atoms. The number of hydrogen-bond donors (Lipinski definition) is 2. The van der Waals surface area contributed by atoms with Crippen molar-refractivity contribution in [1.82, 2.24) is 4.98 Å². The number of nitrogens with one attached hydrogen (secondary N) is 1.